The van der Waals surface area contributed by atoms with E-state index in [0.29, 0.717) is 26.6 Å². The van der Waals surface area contributed by atoms with Crippen molar-refractivity contribution >= 4 is 46.4 Å². The Labute approximate surface area is 150 Å². The molecule has 22 heavy (non-hydrogen) atoms. The number of hydrogen-bond acceptors (Lipinski definition) is 1. The van der Waals surface area contributed by atoms with Gasteiger partial charge in [-0.15, -0.1) is 0 Å². The molecular formula is C17H14Cl4O. The van der Waals surface area contributed by atoms with Crippen LogP contribution in [0.2, 0.25) is 15.1 Å². The largest absolute Gasteiger partial charge is 0.460 e. The molecule has 2 aromatic rings. The van der Waals surface area contributed by atoms with Crippen molar-refractivity contribution in [2.75, 3.05) is 0 Å². The maximum absolute atomic E-state index is 6.31. The van der Waals surface area contributed by atoms with E-state index in [2.05, 4.69) is 0 Å². The van der Waals surface area contributed by atoms with Crippen LogP contribution in [0.3, 0.4) is 0 Å². The van der Waals surface area contributed by atoms with Crippen LogP contribution in [0.15, 0.2) is 53.8 Å². The molecule has 1 nitrogen and oxygen atoms in total. The van der Waals surface area contributed by atoms with Gasteiger partial charge in [-0.1, -0.05) is 52.5 Å². The Morgan fingerprint density at radius 2 is 1.55 bits per heavy atom. The zero-order chi connectivity index (χ0) is 16.3. The molecule has 0 N–H and O–H groups in total. The Balaban J connectivity index is 2.34. The average molecular weight is 376 g/mol. The van der Waals surface area contributed by atoms with Gasteiger partial charge in [-0.25, -0.2) is 0 Å². The fraction of sp³-hybridized carbons (Fsp3) is 0.176. The lowest BCUT2D eigenvalue weighted by Crippen LogP contribution is -2.24. The molecule has 0 aliphatic heterocycles. The molecule has 0 saturated carbocycles. The second-order valence-corrected chi connectivity index (χ2v) is 6.78. The minimum absolute atomic E-state index is 0.525. The molecule has 0 aliphatic rings. The Hall–Kier alpha value is -0.860. The van der Waals surface area contributed by atoms with Crippen molar-refractivity contribution in [3.8, 4) is 5.75 Å². The third-order valence-electron chi connectivity index (χ3n) is 3.36. The third kappa shape index (κ3) is 3.91. The highest BCUT2D eigenvalue weighted by molar-refractivity contribution is 6.35. The molecule has 0 unspecified atom stereocenters. The summed E-state index contributed by atoms with van der Waals surface area (Å²) in [7, 11) is 0. The van der Waals surface area contributed by atoms with E-state index >= 15 is 0 Å². The molecule has 0 aliphatic carbocycles. The topological polar surface area (TPSA) is 9.23 Å². The van der Waals surface area contributed by atoms with Gasteiger partial charge >= 0.3 is 0 Å². The van der Waals surface area contributed by atoms with Crippen molar-refractivity contribution < 1.29 is 4.74 Å². The predicted molar refractivity (Wildman–Crippen MR) is 95.5 cm³/mol. The minimum Gasteiger partial charge on any atom is -0.460 e. The van der Waals surface area contributed by atoms with Gasteiger partial charge in [0.25, 0.3) is 0 Å². The van der Waals surface area contributed by atoms with Gasteiger partial charge < -0.3 is 4.74 Å². The first kappa shape index (κ1) is 17.5. The van der Waals surface area contributed by atoms with Crippen LogP contribution in [0.25, 0.3) is 0 Å². The molecule has 0 atom stereocenters. The lowest BCUT2D eigenvalue weighted by atomic mass is 9.83. The molecule has 116 valence electrons. The van der Waals surface area contributed by atoms with Crippen LogP contribution in [0.4, 0.5) is 0 Å². The van der Waals surface area contributed by atoms with E-state index in [1.165, 1.54) is 5.54 Å². The van der Waals surface area contributed by atoms with Gasteiger partial charge in [0.1, 0.15) is 11.5 Å². The highest BCUT2D eigenvalue weighted by Gasteiger charge is 2.30. The zero-order valence-electron chi connectivity index (χ0n) is 12.0. The summed E-state index contributed by atoms with van der Waals surface area (Å²) in [6.07, 6.45) is 0. The maximum Gasteiger partial charge on any atom is 0.127 e. The molecule has 2 rings (SSSR count). The van der Waals surface area contributed by atoms with Crippen LogP contribution >= 0.6 is 46.4 Å². The van der Waals surface area contributed by atoms with E-state index in [-0.39, 0.29) is 0 Å². The number of ether oxygens (including phenoxy) is 1. The molecule has 0 fully saturated rings. The molecule has 2 aromatic carbocycles. The summed E-state index contributed by atoms with van der Waals surface area (Å²) in [6.45, 7) is 3.96. The van der Waals surface area contributed by atoms with E-state index in [1.54, 1.807) is 36.4 Å². The number of halogens is 4. The fourth-order valence-electron chi connectivity index (χ4n) is 2.04. The van der Waals surface area contributed by atoms with Crippen LogP contribution in [-0.2, 0) is 5.41 Å². The second-order valence-electron chi connectivity index (χ2n) is 5.28. The summed E-state index contributed by atoms with van der Waals surface area (Å²) in [5.41, 5.74) is 1.77. The number of rotatable bonds is 4. The standard InChI is InChI=1S/C17H14Cl4O/c1-17(2,14-8-5-12(20)9-15(14)21)16(10-18)22-13-6-3-11(19)4-7-13/h3-10H,1-2H3. The number of hydrogen-bond donors (Lipinski definition) is 0. The van der Waals surface area contributed by atoms with Crippen LogP contribution in [0.1, 0.15) is 19.4 Å². The van der Waals surface area contributed by atoms with E-state index in [1.807, 2.05) is 19.9 Å². The van der Waals surface area contributed by atoms with E-state index < -0.39 is 5.41 Å². The minimum atomic E-state index is -0.525. The Morgan fingerprint density at radius 3 is 2.09 bits per heavy atom. The van der Waals surface area contributed by atoms with Crippen molar-refractivity contribution in [2.24, 2.45) is 0 Å². The summed E-state index contributed by atoms with van der Waals surface area (Å²) in [4.78, 5) is 0. The molecule has 0 heterocycles. The Morgan fingerprint density at radius 1 is 0.955 bits per heavy atom. The zero-order valence-corrected chi connectivity index (χ0v) is 15.1. The van der Waals surface area contributed by atoms with Crippen molar-refractivity contribution in [3.63, 3.8) is 0 Å². The third-order valence-corrected chi connectivity index (χ3v) is 4.36. The number of benzene rings is 2. The van der Waals surface area contributed by atoms with Crippen LogP contribution in [0.5, 0.6) is 5.75 Å². The van der Waals surface area contributed by atoms with Gasteiger partial charge in [0.15, 0.2) is 0 Å². The number of allylic oxidation sites excluding steroid dienone is 1. The van der Waals surface area contributed by atoms with Crippen LogP contribution in [-0.4, -0.2) is 0 Å². The van der Waals surface area contributed by atoms with E-state index in [9.17, 15) is 0 Å². The van der Waals surface area contributed by atoms with Crippen molar-refractivity contribution in [3.05, 3.63) is 74.4 Å². The SMILES string of the molecule is CC(C)(C(=CCl)Oc1ccc(Cl)cc1)c1ccc(Cl)cc1Cl. The Bertz CT molecular complexity index is 690. The van der Waals surface area contributed by atoms with Crippen molar-refractivity contribution in [1.82, 2.24) is 0 Å². The van der Waals surface area contributed by atoms with Gasteiger partial charge in [-0.2, -0.15) is 0 Å². The van der Waals surface area contributed by atoms with Gasteiger partial charge in [-0.3, -0.25) is 0 Å². The van der Waals surface area contributed by atoms with Gasteiger partial charge in [0, 0.05) is 20.6 Å². The smallest absolute Gasteiger partial charge is 0.127 e. The molecular weight excluding hydrogens is 362 g/mol. The fourth-order valence-corrected chi connectivity index (χ4v) is 3.13. The second kappa shape index (κ2) is 7.14. The average Bonchev–Trinajstić information content (AvgIpc) is 2.46. The van der Waals surface area contributed by atoms with Gasteiger partial charge in [0.05, 0.1) is 5.41 Å². The van der Waals surface area contributed by atoms with Gasteiger partial charge in [0.2, 0.25) is 0 Å². The highest BCUT2D eigenvalue weighted by atomic mass is 35.5. The normalized spacial score (nSPS) is 12.4. The molecule has 0 saturated heterocycles. The Kier molecular flexibility index (Phi) is 5.68. The predicted octanol–water partition coefficient (Wildman–Crippen LogP) is 7.08. The van der Waals surface area contributed by atoms with E-state index in [4.69, 9.17) is 51.1 Å². The molecule has 0 radical (unpaired) electrons. The summed E-state index contributed by atoms with van der Waals surface area (Å²) in [5, 5.41) is 1.79. The molecule has 0 bridgehead atoms. The van der Waals surface area contributed by atoms with E-state index in [0.717, 1.165) is 5.56 Å². The first-order chi connectivity index (χ1) is 10.3. The molecule has 0 aromatic heterocycles. The summed E-state index contributed by atoms with van der Waals surface area (Å²) in [6, 6.07) is 12.4. The van der Waals surface area contributed by atoms with Gasteiger partial charge in [-0.05, 0) is 55.8 Å². The first-order valence-corrected chi connectivity index (χ1v) is 8.11. The quantitative estimate of drug-likeness (QED) is 0.518. The van der Waals surface area contributed by atoms with Crippen LogP contribution < -0.4 is 4.74 Å². The van der Waals surface area contributed by atoms with Crippen molar-refractivity contribution in [1.29, 1.82) is 0 Å². The van der Waals surface area contributed by atoms with Crippen molar-refractivity contribution in [2.45, 2.75) is 19.3 Å². The molecule has 5 heteroatoms. The first-order valence-electron chi connectivity index (χ1n) is 6.54. The molecule has 0 spiro atoms. The lowest BCUT2D eigenvalue weighted by molar-refractivity contribution is 0.339. The summed E-state index contributed by atoms with van der Waals surface area (Å²) >= 11 is 24.1. The highest BCUT2D eigenvalue weighted by Crippen LogP contribution is 2.38. The lowest BCUT2D eigenvalue weighted by Gasteiger charge is -2.29. The van der Waals surface area contributed by atoms with Crippen LogP contribution in [0, 0.1) is 0 Å². The monoisotopic (exact) mass is 374 g/mol. The summed E-state index contributed by atoms with van der Waals surface area (Å²) < 4.78 is 5.90. The molecule has 0 amide bonds. The maximum atomic E-state index is 6.31. The summed E-state index contributed by atoms with van der Waals surface area (Å²) in [5.74, 6) is 1.22.